The second kappa shape index (κ2) is 2.53. The molecule has 0 aliphatic carbocycles. The summed E-state index contributed by atoms with van der Waals surface area (Å²) < 4.78 is 25.4. The second-order valence-corrected chi connectivity index (χ2v) is 2.70. The largest absolute Gasteiger partial charge is 0.238 e. The van der Waals surface area contributed by atoms with Crippen LogP contribution in [0.1, 0.15) is 19.5 Å². The van der Waals surface area contributed by atoms with E-state index >= 15 is 0 Å². The van der Waals surface area contributed by atoms with E-state index in [4.69, 9.17) is 0 Å². The van der Waals surface area contributed by atoms with Gasteiger partial charge in [-0.2, -0.15) is 4.39 Å². The maximum absolute atomic E-state index is 13.0. The molecule has 0 radical (unpaired) electrons. The molecule has 1 aromatic rings. The molecule has 60 valence electrons. The Kier molecular flexibility index (Phi) is 1.85. The molecule has 0 bridgehead atoms. The first kappa shape index (κ1) is 8.04. The monoisotopic (exact) mass is 158 g/mol. The first-order chi connectivity index (χ1) is 5.00. The van der Waals surface area contributed by atoms with Gasteiger partial charge in [-0.15, -0.1) is 0 Å². The Morgan fingerprint density at radius 3 is 2.36 bits per heavy atom. The van der Waals surface area contributed by atoms with Crippen LogP contribution < -0.4 is 0 Å². The summed E-state index contributed by atoms with van der Waals surface area (Å²) in [7, 11) is 0. The van der Waals surface area contributed by atoms with Crippen LogP contribution >= 0.6 is 0 Å². The van der Waals surface area contributed by atoms with E-state index in [1.54, 1.807) is 0 Å². The summed E-state index contributed by atoms with van der Waals surface area (Å²) in [6, 6.07) is 0.986. The molecule has 0 saturated heterocycles. The fourth-order valence-corrected chi connectivity index (χ4v) is 0.659. The zero-order chi connectivity index (χ0) is 8.48. The third kappa shape index (κ3) is 1.93. The molecular weight excluding hydrogens is 150 g/mol. The minimum absolute atomic E-state index is 0.0602. The fourth-order valence-electron chi connectivity index (χ4n) is 0.659. The maximum atomic E-state index is 13.0. The second-order valence-electron chi connectivity index (χ2n) is 2.70. The van der Waals surface area contributed by atoms with Crippen LogP contribution in [-0.4, -0.2) is 9.97 Å². The fraction of sp³-hybridized carbons (Fsp3) is 0.429. The average molecular weight is 158 g/mol. The summed E-state index contributed by atoms with van der Waals surface area (Å²) in [5, 5.41) is 0. The van der Waals surface area contributed by atoms with Crippen molar-refractivity contribution in [2.45, 2.75) is 19.5 Å². The van der Waals surface area contributed by atoms with Crippen LogP contribution in [0.15, 0.2) is 12.4 Å². The van der Waals surface area contributed by atoms with E-state index in [0.29, 0.717) is 0 Å². The van der Waals surface area contributed by atoms with Gasteiger partial charge in [0.1, 0.15) is 12.0 Å². The van der Waals surface area contributed by atoms with Crippen LogP contribution in [-0.2, 0) is 5.67 Å². The minimum Gasteiger partial charge on any atom is -0.238 e. The van der Waals surface area contributed by atoms with Gasteiger partial charge in [0, 0.05) is 6.07 Å². The van der Waals surface area contributed by atoms with Gasteiger partial charge in [0.05, 0.1) is 5.69 Å². The van der Waals surface area contributed by atoms with Gasteiger partial charge in [-0.25, -0.2) is 14.4 Å². The molecule has 0 aliphatic heterocycles. The van der Waals surface area contributed by atoms with Gasteiger partial charge in [-0.05, 0) is 13.8 Å². The van der Waals surface area contributed by atoms with Crippen molar-refractivity contribution in [1.82, 2.24) is 9.97 Å². The number of alkyl halides is 1. The van der Waals surface area contributed by atoms with E-state index < -0.39 is 11.6 Å². The highest BCUT2D eigenvalue weighted by Crippen LogP contribution is 2.21. The molecule has 0 saturated carbocycles. The Bertz CT molecular complexity index is 255. The van der Waals surface area contributed by atoms with Crippen LogP contribution in [0.3, 0.4) is 0 Å². The highest BCUT2D eigenvalue weighted by atomic mass is 19.1. The average Bonchev–Trinajstić information content (AvgIpc) is 1.86. The lowest BCUT2D eigenvalue weighted by Gasteiger charge is -2.11. The molecule has 0 unspecified atom stereocenters. The van der Waals surface area contributed by atoms with E-state index in [2.05, 4.69) is 9.97 Å². The Balaban J connectivity index is 3.06. The van der Waals surface area contributed by atoms with Crippen molar-refractivity contribution in [2.24, 2.45) is 0 Å². The maximum Gasteiger partial charge on any atom is 0.216 e. The van der Waals surface area contributed by atoms with E-state index in [1.807, 2.05) is 0 Å². The van der Waals surface area contributed by atoms with Gasteiger partial charge in [-0.1, -0.05) is 0 Å². The van der Waals surface area contributed by atoms with Crippen molar-refractivity contribution in [2.75, 3.05) is 0 Å². The van der Waals surface area contributed by atoms with Gasteiger partial charge in [0.2, 0.25) is 5.95 Å². The quantitative estimate of drug-likeness (QED) is 0.582. The Morgan fingerprint density at radius 1 is 1.36 bits per heavy atom. The number of hydrogen-bond acceptors (Lipinski definition) is 2. The molecule has 0 N–H and O–H groups in total. The van der Waals surface area contributed by atoms with Crippen molar-refractivity contribution in [1.29, 1.82) is 0 Å². The summed E-state index contributed by atoms with van der Waals surface area (Å²) in [6.07, 6.45) is 1.01. The number of halogens is 2. The molecule has 0 fully saturated rings. The first-order valence-corrected chi connectivity index (χ1v) is 3.17. The summed E-state index contributed by atoms with van der Waals surface area (Å²) >= 11 is 0. The smallest absolute Gasteiger partial charge is 0.216 e. The van der Waals surface area contributed by atoms with E-state index in [1.165, 1.54) is 13.8 Å². The highest BCUT2D eigenvalue weighted by molar-refractivity contribution is 5.07. The van der Waals surface area contributed by atoms with Crippen LogP contribution in [0.2, 0.25) is 0 Å². The number of nitrogens with zero attached hydrogens (tertiary/aromatic N) is 2. The molecular formula is C7H8F2N2. The van der Waals surface area contributed by atoms with Gasteiger partial charge < -0.3 is 0 Å². The molecule has 1 rings (SSSR count). The minimum atomic E-state index is -1.61. The van der Waals surface area contributed by atoms with E-state index in [-0.39, 0.29) is 5.69 Å². The molecule has 0 aliphatic rings. The summed E-state index contributed by atoms with van der Waals surface area (Å²) in [4.78, 5) is 6.79. The highest BCUT2D eigenvalue weighted by Gasteiger charge is 2.20. The summed E-state index contributed by atoms with van der Waals surface area (Å²) in [5.74, 6) is -0.708. The molecule has 0 spiro atoms. The number of rotatable bonds is 1. The van der Waals surface area contributed by atoms with Gasteiger partial charge >= 0.3 is 0 Å². The summed E-state index contributed by atoms with van der Waals surface area (Å²) in [5.41, 5.74) is -1.55. The van der Waals surface area contributed by atoms with Crippen molar-refractivity contribution < 1.29 is 8.78 Å². The molecule has 0 amide bonds. The van der Waals surface area contributed by atoms with E-state index in [0.717, 1.165) is 12.4 Å². The van der Waals surface area contributed by atoms with Crippen molar-refractivity contribution >= 4 is 0 Å². The van der Waals surface area contributed by atoms with Crippen LogP contribution in [0.5, 0.6) is 0 Å². The van der Waals surface area contributed by atoms with Crippen molar-refractivity contribution in [3.63, 3.8) is 0 Å². The number of aromatic nitrogens is 2. The predicted molar refractivity (Wildman–Crippen MR) is 36.1 cm³/mol. The number of hydrogen-bond donors (Lipinski definition) is 0. The standard InChI is InChI=1S/C7H8F2N2/c1-7(2,9)5-3-6(8)11-4-10-5/h3-4H,1-2H3. The summed E-state index contributed by atoms with van der Waals surface area (Å²) in [6.45, 7) is 2.63. The Hall–Kier alpha value is -1.06. The lowest BCUT2D eigenvalue weighted by atomic mass is 10.1. The van der Waals surface area contributed by atoms with Crippen molar-refractivity contribution in [3.05, 3.63) is 24.0 Å². The molecule has 4 heteroatoms. The van der Waals surface area contributed by atoms with Crippen LogP contribution in [0.25, 0.3) is 0 Å². The van der Waals surface area contributed by atoms with Crippen LogP contribution in [0.4, 0.5) is 8.78 Å². The first-order valence-electron chi connectivity index (χ1n) is 3.17. The van der Waals surface area contributed by atoms with Crippen LogP contribution in [0, 0.1) is 5.95 Å². The van der Waals surface area contributed by atoms with E-state index in [9.17, 15) is 8.78 Å². The Morgan fingerprint density at radius 2 is 2.00 bits per heavy atom. The lowest BCUT2D eigenvalue weighted by molar-refractivity contribution is 0.213. The van der Waals surface area contributed by atoms with Crippen molar-refractivity contribution in [3.8, 4) is 0 Å². The molecule has 2 nitrogen and oxygen atoms in total. The topological polar surface area (TPSA) is 25.8 Å². The third-order valence-electron chi connectivity index (χ3n) is 1.24. The zero-order valence-electron chi connectivity index (χ0n) is 6.31. The molecule has 11 heavy (non-hydrogen) atoms. The zero-order valence-corrected chi connectivity index (χ0v) is 6.31. The van der Waals surface area contributed by atoms with Gasteiger partial charge in [-0.3, -0.25) is 0 Å². The lowest BCUT2D eigenvalue weighted by Crippen LogP contribution is -2.12. The third-order valence-corrected chi connectivity index (χ3v) is 1.24. The molecule has 0 aromatic carbocycles. The van der Waals surface area contributed by atoms with Gasteiger partial charge in [0.25, 0.3) is 0 Å². The SMILES string of the molecule is CC(C)(F)c1cc(F)ncn1. The normalized spacial score (nSPS) is 11.6. The van der Waals surface area contributed by atoms with Gasteiger partial charge in [0.15, 0.2) is 0 Å². The molecule has 0 atom stereocenters. The Labute approximate surface area is 63.3 Å². The predicted octanol–water partition coefficient (Wildman–Crippen LogP) is 1.82. The molecule has 1 aromatic heterocycles. The molecule has 1 heterocycles.